The number of anilines is 1. The van der Waals surface area contributed by atoms with Gasteiger partial charge in [-0.15, -0.1) is 0 Å². The molecule has 0 saturated heterocycles. The third kappa shape index (κ3) is 5.65. The number of rotatable bonds is 7. The van der Waals surface area contributed by atoms with E-state index in [9.17, 15) is 18.0 Å². The zero-order valence-electron chi connectivity index (χ0n) is 17.6. The van der Waals surface area contributed by atoms with Crippen molar-refractivity contribution in [2.24, 2.45) is 4.99 Å². The van der Waals surface area contributed by atoms with Gasteiger partial charge in [-0.05, 0) is 24.6 Å². The summed E-state index contributed by atoms with van der Waals surface area (Å²) < 4.78 is 40.1. The van der Waals surface area contributed by atoms with Crippen LogP contribution in [-0.4, -0.2) is 46.9 Å². The molecule has 0 aliphatic heterocycles. The number of imidazole rings is 1. The molecular weight excluding hydrogens is 421 g/mol. The zero-order valence-corrected chi connectivity index (χ0v) is 17.6. The molecule has 1 heterocycles. The molecule has 7 nitrogen and oxygen atoms in total. The number of nitrogens with zero attached hydrogens (tertiary/aromatic N) is 3. The van der Waals surface area contributed by atoms with Crippen LogP contribution in [-0.2, 0) is 11.3 Å². The summed E-state index contributed by atoms with van der Waals surface area (Å²) in [5, 5.41) is 5.25. The predicted octanol–water partition coefficient (Wildman–Crippen LogP) is 3.53. The smallest absolute Gasteiger partial charge is 0.246 e. The van der Waals surface area contributed by atoms with Gasteiger partial charge in [0.2, 0.25) is 5.91 Å². The van der Waals surface area contributed by atoms with Gasteiger partial charge in [0, 0.05) is 13.6 Å². The number of carbonyl (C=O) groups excluding carboxylic acids is 1. The number of carbonyl (C=O) groups is 1. The summed E-state index contributed by atoms with van der Waals surface area (Å²) in [6.45, 7) is 2.47. The first kappa shape index (κ1) is 22.9. The molecule has 1 aromatic heterocycles. The summed E-state index contributed by atoms with van der Waals surface area (Å²) >= 11 is 0. The van der Waals surface area contributed by atoms with E-state index in [0.717, 1.165) is 23.4 Å². The molecule has 2 aromatic carbocycles. The topological polar surface area (TPSA) is 85.4 Å². The largest absolute Gasteiger partial charge is 0.357 e. The molecule has 1 amide bonds. The standard InChI is InChI=1S/C22H23F3N6O/c1-3-26-22(28-12-19(32)30-16-10-9-15(23)20(24)21(16)25)31(2)13-18-27-11-17(29-18)14-7-5-4-6-8-14/h4-11H,3,12-13H2,1-2H3,(H,26,28)(H,27,29)(H,30,32). The Labute approximate surface area is 183 Å². The highest BCUT2D eigenvalue weighted by molar-refractivity contribution is 5.94. The van der Waals surface area contributed by atoms with E-state index in [1.54, 1.807) is 18.1 Å². The van der Waals surface area contributed by atoms with Gasteiger partial charge in [-0.1, -0.05) is 30.3 Å². The van der Waals surface area contributed by atoms with E-state index in [4.69, 9.17) is 0 Å². The van der Waals surface area contributed by atoms with Gasteiger partial charge in [-0.2, -0.15) is 0 Å². The minimum atomic E-state index is -1.65. The number of nitrogens with one attached hydrogen (secondary N) is 3. The van der Waals surface area contributed by atoms with Crippen LogP contribution < -0.4 is 10.6 Å². The lowest BCUT2D eigenvalue weighted by molar-refractivity contribution is -0.114. The lowest BCUT2D eigenvalue weighted by atomic mass is 10.2. The number of aliphatic imine (C=N–C) groups is 1. The van der Waals surface area contributed by atoms with Crippen LogP contribution in [0.15, 0.2) is 53.7 Å². The van der Waals surface area contributed by atoms with Gasteiger partial charge in [0.1, 0.15) is 12.4 Å². The molecule has 0 radical (unpaired) electrons. The SMILES string of the molecule is CCNC(=NCC(=O)Nc1ccc(F)c(F)c1F)N(C)Cc1ncc(-c2ccccc2)[nH]1. The summed E-state index contributed by atoms with van der Waals surface area (Å²) in [5.74, 6) is -3.99. The van der Waals surface area contributed by atoms with Crippen molar-refractivity contribution in [1.29, 1.82) is 0 Å². The Balaban J connectivity index is 1.64. The fourth-order valence-electron chi connectivity index (χ4n) is 2.94. The Hall–Kier alpha value is -3.82. The average Bonchev–Trinajstić information content (AvgIpc) is 3.26. The van der Waals surface area contributed by atoms with Gasteiger partial charge in [0.25, 0.3) is 0 Å². The van der Waals surface area contributed by atoms with Gasteiger partial charge < -0.3 is 20.5 Å². The Morgan fingerprint density at radius 1 is 1.12 bits per heavy atom. The Bertz CT molecular complexity index is 1100. The minimum absolute atomic E-state index is 0.349. The van der Waals surface area contributed by atoms with Gasteiger partial charge in [-0.3, -0.25) is 4.79 Å². The number of H-pyrrole nitrogens is 1. The number of hydrogen-bond acceptors (Lipinski definition) is 3. The van der Waals surface area contributed by atoms with E-state index in [2.05, 4.69) is 25.6 Å². The number of aromatic amines is 1. The molecule has 0 aliphatic carbocycles. The Kier molecular flexibility index (Phi) is 7.48. The molecule has 0 aliphatic rings. The summed E-state index contributed by atoms with van der Waals surface area (Å²) in [4.78, 5) is 25.8. The molecule has 3 aromatic rings. The molecular formula is C22H23F3N6O. The van der Waals surface area contributed by atoms with Crippen LogP contribution in [0.1, 0.15) is 12.7 Å². The van der Waals surface area contributed by atoms with Crippen LogP contribution in [0.3, 0.4) is 0 Å². The molecule has 32 heavy (non-hydrogen) atoms. The maximum absolute atomic E-state index is 13.7. The number of guanidine groups is 1. The normalized spacial score (nSPS) is 11.3. The molecule has 3 N–H and O–H groups in total. The monoisotopic (exact) mass is 444 g/mol. The van der Waals surface area contributed by atoms with Gasteiger partial charge >= 0.3 is 0 Å². The molecule has 3 rings (SSSR count). The van der Waals surface area contributed by atoms with Crippen LogP contribution in [0.4, 0.5) is 18.9 Å². The van der Waals surface area contributed by atoms with Crippen LogP contribution in [0.5, 0.6) is 0 Å². The molecule has 0 unspecified atom stereocenters. The van der Waals surface area contributed by atoms with Crippen molar-refractivity contribution in [1.82, 2.24) is 20.2 Å². The minimum Gasteiger partial charge on any atom is -0.357 e. The molecule has 0 fully saturated rings. The molecule has 168 valence electrons. The van der Waals surface area contributed by atoms with Crippen molar-refractivity contribution in [3.63, 3.8) is 0 Å². The first-order valence-corrected chi connectivity index (χ1v) is 9.91. The van der Waals surface area contributed by atoms with Crippen LogP contribution in [0, 0.1) is 17.5 Å². The highest BCUT2D eigenvalue weighted by Crippen LogP contribution is 2.19. The first-order chi connectivity index (χ1) is 15.4. The van der Waals surface area contributed by atoms with E-state index in [1.807, 2.05) is 37.3 Å². The fourth-order valence-corrected chi connectivity index (χ4v) is 2.94. The van der Waals surface area contributed by atoms with Crippen molar-refractivity contribution in [2.75, 3.05) is 25.5 Å². The second-order valence-electron chi connectivity index (χ2n) is 6.91. The van der Waals surface area contributed by atoms with Gasteiger partial charge in [0.05, 0.1) is 24.1 Å². The third-order valence-electron chi connectivity index (χ3n) is 4.48. The number of amides is 1. The van der Waals surface area contributed by atoms with Crippen molar-refractivity contribution in [3.05, 3.63) is 71.9 Å². The maximum atomic E-state index is 13.7. The van der Waals surface area contributed by atoms with Crippen molar-refractivity contribution >= 4 is 17.6 Å². The molecule has 0 bridgehead atoms. The van der Waals surface area contributed by atoms with Gasteiger partial charge in [-0.25, -0.2) is 23.1 Å². The predicted molar refractivity (Wildman–Crippen MR) is 116 cm³/mol. The number of benzene rings is 2. The molecule has 10 heteroatoms. The maximum Gasteiger partial charge on any atom is 0.246 e. The summed E-state index contributed by atoms with van der Waals surface area (Å²) in [6.07, 6.45) is 1.74. The third-order valence-corrected chi connectivity index (χ3v) is 4.48. The lowest BCUT2D eigenvalue weighted by Crippen LogP contribution is -2.39. The van der Waals surface area contributed by atoms with E-state index in [0.29, 0.717) is 24.9 Å². The summed E-state index contributed by atoms with van der Waals surface area (Å²) in [6, 6.07) is 11.5. The summed E-state index contributed by atoms with van der Waals surface area (Å²) in [5.41, 5.74) is 1.44. The molecule has 0 saturated carbocycles. The molecule has 0 spiro atoms. The quantitative estimate of drug-likeness (QED) is 0.296. The number of aromatic nitrogens is 2. The fraction of sp³-hybridized carbons (Fsp3) is 0.227. The van der Waals surface area contributed by atoms with Gasteiger partial charge in [0.15, 0.2) is 23.4 Å². The Morgan fingerprint density at radius 2 is 1.88 bits per heavy atom. The highest BCUT2D eigenvalue weighted by Gasteiger charge is 2.16. The molecule has 0 atom stereocenters. The van der Waals surface area contributed by atoms with Crippen molar-refractivity contribution in [3.8, 4) is 11.3 Å². The highest BCUT2D eigenvalue weighted by atomic mass is 19.2. The van der Waals surface area contributed by atoms with E-state index >= 15 is 0 Å². The van der Waals surface area contributed by atoms with Crippen LogP contribution in [0.25, 0.3) is 11.3 Å². The number of hydrogen-bond donors (Lipinski definition) is 3. The summed E-state index contributed by atoms with van der Waals surface area (Å²) in [7, 11) is 1.78. The van der Waals surface area contributed by atoms with E-state index in [1.165, 1.54) is 0 Å². The van der Waals surface area contributed by atoms with Crippen LogP contribution >= 0.6 is 0 Å². The van der Waals surface area contributed by atoms with E-state index < -0.39 is 29.0 Å². The average molecular weight is 444 g/mol. The second-order valence-corrected chi connectivity index (χ2v) is 6.91. The second kappa shape index (κ2) is 10.5. The van der Waals surface area contributed by atoms with E-state index in [-0.39, 0.29) is 6.54 Å². The van der Waals surface area contributed by atoms with Crippen molar-refractivity contribution in [2.45, 2.75) is 13.5 Å². The number of halogens is 3. The Morgan fingerprint density at radius 3 is 2.59 bits per heavy atom. The van der Waals surface area contributed by atoms with Crippen molar-refractivity contribution < 1.29 is 18.0 Å². The zero-order chi connectivity index (χ0) is 23.1. The van der Waals surface area contributed by atoms with Crippen LogP contribution in [0.2, 0.25) is 0 Å². The first-order valence-electron chi connectivity index (χ1n) is 9.91. The lowest BCUT2D eigenvalue weighted by Gasteiger charge is -2.21.